The number of benzene rings is 1. The van der Waals surface area contributed by atoms with E-state index in [0.717, 1.165) is 16.8 Å². The maximum absolute atomic E-state index is 12.0. The molecule has 0 saturated carbocycles. The highest BCUT2D eigenvalue weighted by atomic mass is 16.5. The molecule has 1 fully saturated rings. The minimum Gasteiger partial charge on any atom is -0.532 e. The number of nitrogens with zero attached hydrogens (tertiary/aromatic N) is 3. The number of primary amides is 1. The number of ether oxygens (including phenoxy) is 1. The summed E-state index contributed by atoms with van der Waals surface area (Å²) in [7, 11) is -0.969. The second-order valence-electron chi connectivity index (χ2n) is 7.10. The largest absolute Gasteiger partial charge is 0.552 e. The van der Waals surface area contributed by atoms with Crippen LogP contribution in [-0.4, -0.2) is 41.0 Å². The van der Waals surface area contributed by atoms with Crippen molar-refractivity contribution in [2.24, 2.45) is 11.7 Å². The summed E-state index contributed by atoms with van der Waals surface area (Å²) in [6.45, 7) is 2.75. The summed E-state index contributed by atoms with van der Waals surface area (Å²) in [4.78, 5) is 12.0. The normalized spacial score (nSPS) is 20.5. The van der Waals surface area contributed by atoms with Crippen molar-refractivity contribution in [2.45, 2.75) is 19.4 Å². The van der Waals surface area contributed by atoms with E-state index in [4.69, 9.17) is 15.1 Å². The minimum atomic E-state index is -0.969. The molecule has 2 aliphatic heterocycles. The Morgan fingerprint density at radius 3 is 3.10 bits per heavy atom. The minimum absolute atomic E-state index is 0.228. The Balaban J connectivity index is 1.68. The highest BCUT2D eigenvalue weighted by Crippen LogP contribution is 2.33. The summed E-state index contributed by atoms with van der Waals surface area (Å²) >= 11 is 0. The molecule has 0 radical (unpaired) electrons. The second kappa shape index (κ2) is 7.62. The van der Waals surface area contributed by atoms with E-state index < -0.39 is 13.0 Å². The van der Waals surface area contributed by atoms with Crippen molar-refractivity contribution in [1.29, 1.82) is 5.26 Å². The smallest absolute Gasteiger partial charge is 0.532 e. The summed E-state index contributed by atoms with van der Waals surface area (Å²) < 4.78 is 12.5. The number of nitrogens with two attached hydrogens (primary N) is 1. The lowest BCUT2D eigenvalue weighted by molar-refractivity contribution is 0.0342. The van der Waals surface area contributed by atoms with Gasteiger partial charge in [-0.3, -0.25) is 9.48 Å². The maximum Gasteiger partial charge on any atom is 0.552 e. The van der Waals surface area contributed by atoms with Gasteiger partial charge in [0.1, 0.15) is 11.3 Å². The molecular weight excluding hydrogens is 373 g/mol. The average Bonchev–Trinajstić information content (AvgIpc) is 3.12. The van der Waals surface area contributed by atoms with E-state index in [2.05, 4.69) is 16.5 Å². The van der Waals surface area contributed by atoms with Gasteiger partial charge in [0.15, 0.2) is 5.82 Å². The molecule has 2 aliphatic rings. The van der Waals surface area contributed by atoms with Crippen molar-refractivity contribution in [2.75, 3.05) is 18.5 Å². The van der Waals surface area contributed by atoms with E-state index in [1.54, 1.807) is 23.0 Å². The Morgan fingerprint density at radius 2 is 2.34 bits per heavy atom. The summed E-state index contributed by atoms with van der Waals surface area (Å²) in [5.74, 6) is 1.54. The molecule has 2 atom stereocenters. The molecule has 0 spiro atoms. The molecule has 1 aromatic heterocycles. The number of amides is 1. The number of nitriles is 1. The molecule has 0 aliphatic carbocycles. The lowest BCUT2D eigenvalue weighted by Crippen LogP contribution is -2.29. The van der Waals surface area contributed by atoms with Crippen LogP contribution in [0.15, 0.2) is 24.3 Å². The number of aryl methyl sites for hydroxylation is 1. The lowest BCUT2D eigenvalue weighted by atomic mass is 9.86. The summed E-state index contributed by atoms with van der Waals surface area (Å²) in [5, 5.41) is 26.7. The van der Waals surface area contributed by atoms with Gasteiger partial charge >= 0.3 is 7.12 Å². The third-order valence-corrected chi connectivity index (χ3v) is 5.13. The van der Waals surface area contributed by atoms with Gasteiger partial charge in [0.2, 0.25) is 0 Å². The first-order chi connectivity index (χ1) is 14.0. The van der Waals surface area contributed by atoms with E-state index in [-0.39, 0.29) is 17.5 Å². The third-order valence-electron chi connectivity index (χ3n) is 5.13. The summed E-state index contributed by atoms with van der Waals surface area (Å²) in [5.41, 5.74) is 8.13. The third kappa shape index (κ3) is 3.70. The molecule has 2 unspecified atom stereocenters. The van der Waals surface area contributed by atoms with Crippen molar-refractivity contribution in [3.63, 3.8) is 0 Å². The Labute approximate surface area is 167 Å². The fraction of sp³-hybridized carbons (Fsp3) is 0.316. The fourth-order valence-electron chi connectivity index (χ4n) is 3.52. The molecule has 9 nitrogen and oxygen atoms in total. The van der Waals surface area contributed by atoms with Crippen molar-refractivity contribution in [3.8, 4) is 11.8 Å². The van der Waals surface area contributed by atoms with E-state index >= 15 is 0 Å². The fourth-order valence-corrected chi connectivity index (χ4v) is 3.52. The molecule has 29 heavy (non-hydrogen) atoms. The van der Waals surface area contributed by atoms with Gasteiger partial charge in [-0.25, -0.2) is 0 Å². The van der Waals surface area contributed by atoms with E-state index in [0.29, 0.717) is 31.2 Å². The van der Waals surface area contributed by atoms with Crippen molar-refractivity contribution in [1.82, 2.24) is 9.78 Å². The van der Waals surface area contributed by atoms with Crippen molar-refractivity contribution < 1.29 is 19.2 Å². The standard InChI is InChI=1S/C19H20BN5O4/c1-11-6-17-12(2-4-20(27)29-17)7-15(11)23-19-14(18(22)26)9-25(24-19)16-10-28-5-3-13(16)8-21/h2,4,6-7,9,13,16,27H,3,5,10H2,1H3,(H2,22,26)(H,23,24). The second-order valence-corrected chi connectivity index (χ2v) is 7.10. The molecular formula is C19H20BN5O4. The molecule has 1 amide bonds. The van der Waals surface area contributed by atoms with Gasteiger partial charge in [0.05, 0.1) is 24.6 Å². The van der Waals surface area contributed by atoms with Crippen LogP contribution in [0, 0.1) is 24.2 Å². The molecule has 1 saturated heterocycles. The molecule has 148 valence electrons. The Morgan fingerprint density at radius 1 is 1.52 bits per heavy atom. The lowest BCUT2D eigenvalue weighted by Gasteiger charge is -2.27. The van der Waals surface area contributed by atoms with Crippen LogP contribution in [0.25, 0.3) is 6.08 Å². The number of fused-ring (bicyclic) bond motifs is 1. The van der Waals surface area contributed by atoms with Gasteiger partial charge in [0, 0.05) is 24.1 Å². The highest BCUT2D eigenvalue weighted by molar-refractivity contribution is 6.51. The van der Waals surface area contributed by atoms with Gasteiger partial charge in [0.25, 0.3) is 5.91 Å². The number of hydrogen-bond acceptors (Lipinski definition) is 7. The van der Waals surface area contributed by atoms with Crippen LogP contribution in [0.5, 0.6) is 5.75 Å². The highest BCUT2D eigenvalue weighted by Gasteiger charge is 2.30. The molecule has 2 aromatic rings. The first kappa shape index (κ1) is 19.0. The zero-order valence-electron chi connectivity index (χ0n) is 15.8. The predicted octanol–water partition coefficient (Wildman–Crippen LogP) is 1.56. The SMILES string of the molecule is Cc1cc2c(cc1Nc1nn(C3COCCC3C#N)cc1C(N)=O)C=CB(O)O2. The molecule has 1 aromatic carbocycles. The first-order valence-electron chi connectivity index (χ1n) is 9.27. The van der Waals surface area contributed by atoms with Crippen LogP contribution in [0.2, 0.25) is 0 Å². The zero-order chi connectivity index (χ0) is 20.5. The Hall–Kier alpha value is -3.29. The first-order valence-corrected chi connectivity index (χ1v) is 9.27. The number of aromatic nitrogens is 2. The van der Waals surface area contributed by atoms with Gasteiger partial charge < -0.3 is 25.5 Å². The Kier molecular flexibility index (Phi) is 5.00. The molecule has 3 heterocycles. The van der Waals surface area contributed by atoms with Gasteiger partial charge in [-0.15, -0.1) is 0 Å². The zero-order valence-corrected chi connectivity index (χ0v) is 15.8. The van der Waals surface area contributed by atoms with Crippen molar-refractivity contribution in [3.05, 3.63) is 41.0 Å². The van der Waals surface area contributed by atoms with Crippen LogP contribution in [-0.2, 0) is 4.74 Å². The number of nitrogens with one attached hydrogen (secondary N) is 1. The summed E-state index contributed by atoms with van der Waals surface area (Å²) in [6, 6.07) is 5.64. The van der Waals surface area contributed by atoms with E-state index in [1.807, 2.05) is 13.0 Å². The number of rotatable bonds is 4. The predicted molar refractivity (Wildman–Crippen MR) is 106 cm³/mol. The van der Waals surface area contributed by atoms with E-state index in [1.165, 1.54) is 5.98 Å². The average molecular weight is 393 g/mol. The number of anilines is 2. The van der Waals surface area contributed by atoms with Gasteiger partial charge in [-0.1, -0.05) is 6.08 Å². The number of carbonyl (C=O) groups is 1. The van der Waals surface area contributed by atoms with Gasteiger partial charge in [-0.05, 0) is 37.0 Å². The van der Waals surface area contributed by atoms with Crippen LogP contribution in [0.4, 0.5) is 11.5 Å². The van der Waals surface area contributed by atoms with E-state index in [9.17, 15) is 15.1 Å². The summed E-state index contributed by atoms with van der Waals surface area (Å²) in [6.07, 6.45) is 3.93. The van der Waals surface area contributed by atoms with Crippen LogP contribution < -0.4 is 15.7 Å². The number of hydrogen-bond donors (Lipinski definition) is 3. The topological polar surface area (TPSA) is 135 Å². The quantitative estimate of drug-likeness (QED) is 0.671. The van der Waals surface area contributed by atoms with Gasteiger partial charge in [-0.2, -0.15) is 10.4 Å². The van der Waals surface area contributed by atoms with Crippen LogP contribution in [0.3, 0.4) is 0 Å². The number of carbonyl (C=O) groups excluding carboxylic acids is 1. The maximum atomic E-state index is 12.0. The monoisotopic (exact) mass is 393 g/mol. The van der Waals surface area contributed by atoms with Crippen LogP contribution >= 0.6 is 0 Å². The van der Waals surface area contributed by atoms with Crippen molar-refractivity contribution >= 4 is 30.6 Å². The molecule has 10 heteroatoms. The Bertz CT molecular complexity index is 1030. The molecule has 4 N–H and O–H groups in total. The van der Waals surface area contributed by atoms with Crippen LogP contribution in [0.1, 0.15) is 33.9 Å². The molecule has 0 bridgehead atoms. The molecule has 4 rings (SSSR count).